The average Bonchev–Trinajstić information content (AvgIpc) is 2.88. The fourth-order valence-electron chi connectivity index (χ4n) is 2.26. The lowest BCUT2D eigenvalue weighted by Gasteiger charge is -2.19. The normalized spacial score (nSPS) is 10.8. The first-order valence-electron chi connectivity index (χ1n) is 6.71. The summed E-state index contributed by atoms with van der Waals surface area (Å²) in [5, 5.41) is 12.6. The van der Waals surface area contributed by atoms with Gasteiger partial charge in [-0.2, -0.15) is 4.52 Å². The lowest BCUT2D eigenvalue weighted by molar-refractivity contribution is 0.409. The molecular formula is C15H17N5O. The van der Waals surface area contributed by atoms with Gasteiger partial charge in [0.1, 0.15) is 11.6 Å². The van der Waals surface area contributed by atoms with Crippen molar-refractivity contribution in [1.82, 2.24) is 19.8 Å². The molecule has 6 heteroatoms. The second-order valence-corrected chi connectivity index (χ2v) is 4.88. The molecule has 0 aliphatic carbocycles. The monoisotopic (exact) mass is 283 g/mol. The molecule has 0 N–H and O–H groups in total. The Morgan fingerprint density at radius 1 is 1.14 bits per heavy atom. The first-order valence-corrected chi connectivity index (χ1v) is 6.71. The number of aryl methyl sites for hydroxylation is 1. The predicted molar refractivity (Wildman–Crippen MR) is 80.6 cm³/mol. The molecule has 0 aliphatic heterocycles. The smallest absolute Gasteiger partial charge is 0.178 e. The zero-order valence-corrected chi connectivity index (χ0v) is 12.3. The minimum atomic E-state index is 0.712. The Morgan fingerprint density at radius 2 is 1.95 bits per heavy atom. The second kappa shape index (κ2) is 5.40. The summed E-state index contributed by atoms with van der Waals surface area (Å²) >= 11 is 0. The summed E-state index contributed by atoms with van der Waals surface area (Å²) in [4.78, 5) is 2.07. The first-order chi connectivity index (χ1) is 10.2. The van der Waals surface area contributed by atoms with E-state index >= 15 is 0 Å². The topological polar surface area (TPSA) is 55.5 Å². The molecule has 2 aromatic heterocycles. The van der Waals surface area contributed by atoms with Crippen molar-refractivity contribution >= 4 is 11.5 Å². The van der Waals surface area contributed by atoms with Gasteiger partial charge in [0.25, 0.3) is 0 Å². The molecule has 0 radical (unpaired) electrons. The summed E-state index contributed by atoms with van der Waals surface area (Å²) in [6, 6.07) is 11.8. The summed E-state index contributed by atoms with van der Waals surface area (Å²) in [6.07, 6.45) is 0. The number of methoxy groups -OCH3 is 1. The number of benzene rings is 1. The van der Waals surface area contributed by atoms with E-state index < -0.39 is 0 Å². The van der Waals surface area contributed by atoms with E-state index in [0.717, 1.165) is 28.6 Å². The summed E-state index contributed by atoms with van der Waals surface area (Å²) in [6.45, 7) is 2.60. The molecule has 0 bridgehead atoms. The molecule has 0 unspecified atom stereocenters. The molecule has 2 heterocycles. The van der Waals surface area contributed by atoms with E-state index in [0.29, 0.717) is 6.54 Å². The molecule has 0 fully saturated rings. The second-order valence-electron chi connectivity index (χ2n) is 4.88. The Hall–Kier alpha value is -2.63. The van der Waals surface area contributed by atoms with E-state index in [1.165, 1.54) is 0 Å². The third-order valence-electron chi connectivity index (χ3n) is 3.40. The zero-order valence-electron chi connectivity index (χ0n) is 12.3. The number of anilines is 1. The van der Waals surface area contributed by atoms with Crippen LogP contribution in [-0.4, -0.2) is 34.0 Å². The van der Waals surface area contributed by atoms with Crippen molar-refractivity contribution < 1.29 is 4.74 Å². The minimum absolute atomic E-state index is 0.712. The van der Waals surface area contributed by atoms with E-state index in [2.05, 4.69) is 26.3 Å². The van der Waals surface area contributed by atoms with Crippen LogP contribution < -0.4 is 9.64 Å². The molecule has 0 saturated carbocycles. The van der Waals surface area contributed by atoms with E-state index in [4.69, 9.17) is 4.74 Å². The highest BCUT2D eigenvalue weighted by atomic mass is 16.5. The van der Waals surface area contributed by atoms with Crippen LogP contribution in [0.5, 0.6) is 5.75 Å². The molecule has 3 aromatic rings. The fourth-order valence-corrected chi connectivity index (χ4v) is 2.26. The molecule has 0 saturated heterocycles. The Labute approximate surface area is 123 Å². The van der Waals surface area contributed by atoms with Gasteiger partial charge in [0.05, 0.1) is 7.11 Å². The van der Waals surface area contributed by atoms with Gasteiger partial charge in [-0.05, 0) is 25.1 Å². The maximum absolute atomic E-state index is 5.39. The first kappa shape index (κ1) is 13.4. The van der Waals surface area contributed by atoms with Crippen molar-refractivity contribution in [2.75, 3.05) is 19.1 Å². The van der Waals surface area contributed by atoms with Gasteiger partial charge in [0.15, 0.2) is 11.5 Å². The van der Waals surface area contributed by atoms with Crippen LogP contribution in [0, 0.1) is 6.92 Å². The van der Waals surface area contributed by atoms with Crippen molar-refractivity contribution in [2.24, 2.45) is 0 Å². The molecule has 21 heavy (non-hydrogen) atoms. The molecule has 0 atom stereocenters. The zero-order chi connectivity index (χ0) is 14.8. The van der Waals surface area contributed by atoms with Crippen molar-refractivity contribution in [1.29, 1.82) is 0 Å². The summed E-state index contributed by atoms with van der Waals surface area (Å²) in [5.41, 5.74) is 1.87. The number of aromatic nitrogens is 4. The van der Waals surface area contributed by atoms with Gasteiger partial charge in [-0.15, -0.1) is 15.3 Å². The Balaban J connectivity index is 1.89. The quantitative estimate of drug-likeness (QED) is 0.733. The predicted octanol–water partition coefficient (Wildman–Crippen LogP) is 2.08. The third kappa shape index (κ3) is 2.52. The minimum Gasteiger partial charge on any atom is -0.496 e. The van der Waals surface area contributed by atoms with Crippen LogP contribution in [0.2, 0.25) is 0 Å². The highest BCUT2D eigenvalue weighted by Gasteiger charge is 2.10. The van der Waals surface area contributed by atoms with E-state index in [1.54, 1.807) is 11.6 Å². The van der Waals surface area contributed by atoms with Crippen LogP contribution in [0.1, 0.15) is 11.4 Å². The number of hydrogen-bond acceptors (Lipinski definition) is 5. The SMILES string of the molecule is COc1ccccc1CN(C)c1ccc2nnc(C)n2n1. The Bertz CT molecular complexity index is 768. The van der Waals surface area contributed by atoms with Crippen molar-refractivity contribution in [2.45, 2.75) is 13.5 Å². The molecule has 6 nitrogen and oxygen atoms in total. The van der Waals surface area contributed by atoms with Crippen molar-refractivity contribution in [3.63, 3.8) is 0 Å². The van der Waals surface area contributed by atoms with Crippen molar-refractivity contribution in [3.8, 4) is 5.75 Å². The summed E-state index contributed by atoms with van der Waals surface area (Å²) in [7, 11) is 3.68. The van der Waals surface area contributed by atoms with E-state index in [-0.39, 0.29) is 0 Å². The number of rotatable bonds is 4. The molecule has 0 aliphatic rings. The van der Waals surface area contributed by atoms with Gasteiger partial charge >= 0.3 is 0 Å². The number of para-hydroxylation sites is 1. The summed E-state index contributed by atoms with van der Waals surface area (Å²) in [5.74, 6) is 2.51. The van der Waals surface area contributed by atoms with E-state index in [1.807, 2.05) is 44.3 Å². The Morgan fingerprint density at radius 3 is 2.76 bits per heavy atom. The average molecular weight is 283 g/mol. The number of nitrogens with zero attached hydrogens (tertiary/aromatic N) is 5. The molecular weight excluding hydrogens is 266 g/mol. The Kier molecular flexibility index (Phi) is 3.43. The summed E-state index contributed by atoms with van der Waals surface area (Å²) < 4.78 is 7.13. The largest absolute Gasteiger partial charge is 0.496 e. The van der Waals surface area contributed by atoms with Crippen LogP contribution in [-0.2, 0) is 6.54 Å². The van der Waals surface area contributed by atoms with Crippen LogP contribution >= 0.6 is 0 Å². The standard InChI is InChI=1S/C15H17N5O/c1-11-16-17-14-8-9-15(18-20(11)14)19(2)10-12-6-4-5-7-13(12)21-3/h4-9H,10H2,1-3H3. The molecule has 108 valence electrons. The van der Waals surface area contributed by atoms with Gasteiger partial charge in [-0.1, -0.05) is 18.2 Å². The van der Waals surface area contributed by atoms with Crippen LogP contribution in [0.15, 0.2) is 36.4 Å². The van der Waals surface area contributed by atoms with Gasteiger partial charge in [0.2, 0.25) is 0 Å². The van der Waals surface area contributed by atoms with Crippen LogP contribution in [0.25, 0.3) is 5.65 Å². The number of fused-ring (bicyclic) bond motifs is 1. The van der Waals surface area contributed by atoms with Crippen LogP contribution in [0.3, 0.4) is 0 Å². The maximum Gasteiger partial charge on any atom is 0.178 e. The number of ether oxygens (including phenoxy) is 1. The molecule has 0 spiro atoms. The fraction of sp³-hybridized carbons (Fsp3) is 0.267. The highest BCUT2D eigenvalue weighted by molar-refractivity contribution is 5.46. The van der Waals surface area contributed by atoms with Crippen LogP contribution in [0.4, 0.5) is 5.82 Å². The molecule has 1 aromatic carbocycles. The highest BCUT2D eigenvalue weighted by Crippen LogP contribution is 2.21. The molecule has 3 rings (SSSR count). The van der Waals surface area contributed by atoms with Gasteiger partial charge in [-0.3, -0.25) is 0 Å². The lowest BCUT2D eigenvalue weighted by atomic mass is 10.2. The number of hydrogen-bond donors (Lipinski definition) is 0. The molecule has 0 amide bonds. The maximum atomic E-state index is 5.39. The lowest BCUT2D eigenvalue weighted by Crippen LogP contribution is -2.19. The van der Waals surface area contributed by atoms with Gasteiger partial charge in [-0.25, -0.2) is 0 Å². The third-order valence-corrected chi connectivity index (χ3v) is 3.40. The van der Waals surface area contributed by atoms with Crippen molar-refractivity contribution in [3.05, 3.63) is 47.8 Å². The van der Waals surface area contributed by atoms with Gasteiger partial charge < -0.3 is 9.64 Å². The van der Waals surface area contributed by atoms with Gasteiger partial charge in [0, 0.05) is 19.2 Å². The van der Waals surface area contributed by atoms with E-state index in [9.17, 15) is 0 Å².